The van der Waals surface area contributed by atoms with Crippen molar-refractivity contribution in [2.75, 3.05) is 32.1 Å². The zero-order chi connectivity index (χ0) is 17.3. The molecule has 6 nitrogen and oxygen atoms in total. The van der Waals surface area contributed by atoms with Crippen molar-refractivity contribution in [1.82, 2.24) is 10.6 Å². The first-order valence-corrected chi connectivity index (χ1v) is 7.74. The van der Waals surface area contributed by atoms with Crippen LogP contribution in [0, 0.1) is 0 Å². The Kier molecular flexibility index (Phi) is 7.71. The molecule has 6 heteroatoms. The van der Waals surface area contributed by atoms with Gasteiger partial charge < -0.3 is 20.7 Å². The summed E-state index contributed by atoms with van der Waals surface area (Å²) < 4.78 is 4.93. The van der Waals surface area contributed by atoms with Gasteiger partial charge in [0, 0.05) is 30.5 Å². The van der Waals surface area contributed by atoms with E-state index in [1.54, 1.807) is 31.4 Å². The van der Waals surface area contributed by atoms with E-state index in [0.29, 0.717) is 17.9 Å². The van der Waals surface area contributed by atoms with E-state index >= 15 is 0 Å². The normalized spacial score (nSPS) is 11.1. The minimum absolute atomic E-state index is 0.116. The molecule has 0 fully saturated rings. The van der Waals surface area contributed by atoms with Crippen molar-refractivity contribution >= 4 is 17.5 Å². The maximum Gasteiger partial charge on any atom is 0.251 e. The molecule has 0 saturated heterocycles. The number of hydrogen-bond donors (Lipinski definition) is 3. The summed E-state index contributed by atoms with van der Waals surface area (Å²) in [5.74, 6) is -0.246. The van der Waals surface area contributed by atoms with Crippen LogP contribution in [-0.2, 0) is 9.53 Å². The topological polar surface area (TPSA) is 79.5 Å². The maximum absolute atomic E-state index is 12.0. The molecule has 0 spiro atoms. The number of nitrogens with one attached hydrogen (secondary N) is 3. The molecule has 0 unspecified atom stereocenters. The van der Waals surface area contributed by atoms with Gasteiger partial charge in [-0.1, -0.05) is 0 Å². The van der Waals surface area contributed by atoms with Gasteiger partial charge in [0.2, 0.25) is 5.91 Å². The molecule has 0 aliphatic heterocycles. The summed E-state index contributed by atoms with van der Waals surface area (Å²) in [4.78, 5) is 23.8. The van der Waals surface area contributed by atoms with Crippen LogP contribution in [0.3, 0.4) is 0 Å². The Hall–Kier alpha value is -1.92. The number of benzene rings is 1. The lowest BCUT2D eigenvalue weighted by molar-refractivity contribution is -0.115. The molecule has 0 aliphatic rings. The number of carbonyl (C=O) groups is 2. The van der Waals surface area contributed by atoms with Gasteiger partial charge in [-0.05, 0) is 58.0 Å². The molecular weight excluding hydrogens is 294 g/mol. The van der Waals surface area contributed by atoms with Crippen LogP contribution >= 0.6 is 0 Å². The van der Waals surface area contributed by atoms with E-state index in [2.05, 4.69) is 16.0 Å². The van der Waals surface area contributed by atoms with Crippen LogP contribution in [0.25, 0.3) is 0 Å². The van der Waals surface area contributed by atoms with Gasteiger partial charge >= 0.3 is 0 Å². The van der Waals surface area contributed by atoms with Crippen LogP contribution in [0.15, 0.2) is 24.3 Å². The lowest BCUT2D eigenvalue weighted by Gasteiger charge is -2.20. The summed E-state index contributed by atoms with van der Waals surface area (Å²) in [6.45, 7) is 7.44. The SMILES string of the molecule is COCCCNCC(=O)Nc1ccc(C(=O)NC(C)(C)C)cc1. The first-order chi connectivity index (χ1) is 10.8. The van der Waals surface area contributed by atoms with E-state index in [0.717, 1.165) is 13.0 Å². The third-order valence-electron chi connectivity index (χ3n) is 2.91. The fourth-order valence-corrected chi connectivity index (χ4v) is 1.87. The van der Waals surface area contributed by atoms with E-state index in [9.17, 15) is 9.59 Å². The molecule has 0 aromatic heterocycles. The van der Waals surface area contributed by atoms with E-state index in [1.807, 2.05) is 20.8 Å². The Morgan fingerprint density at radius 2 is 1.78 bits per heavy atom. The second kappa shape index (κ2) is 9.27. The second-order valence-electron chi connectivity index (χ2n) is 6.35. The highest BCUT2D eigenvalue weighted by Gasteiger charge is 2.15. The highest BCUT2D eigenvalue weighted by molar-refractivity contribution is 5.96. The number of anilines is 1. The zero-order valence-electron chi connectivity index (χ0n) is 14.4. The standard InChI is InChI=1S/C17H27N3O3/c1-17(2,3)20-16(22)13-6-8-14(9-7-13)19-15(21)12-18-10-5-11-23-4/h6-9,18H,5,10-12H2,1-4H3,(H,19,21)(H,20,22). The van der Waals surface area contributed by atoms with Crippen LogP contribution in [0.2, 0.25) is 0 Å². The number of amides is 2. The molecule has 3 N–H and O–H groups in total. The van der Waals surface area contributed by atoms with E-state index in [-0.39, 0.29) is 23.9 Å². The minimum atomic E-state index is -0.279. The predicted molar refractivity (Wildman–Crippen MR) is 91.7 cm³/mol. The van der Waals surface area contributed by atoms with Crippen LogP contribution in [0.5, 0.6) is 0 Å². The Morgan fingerprint density at radius 3 is 2.35 bits per heavy atom. The molecule has 1 rings (SSSR count). The fourth-order valence-electron chi connectivity index (χ4n) is 1.87. The van der Waals surface area contributed by atoms with Gasteiger partial charge in [0.05, 0.1) is 6.54 Å². The van der Waals surface area contributed by atoms with Gasteiger partial charge in [0.15, 0.2) is 0 Å². The zero-order valence-corrected chi connectivity index (χ0v) is 14.4. The summed E-state index contributed by atoms with van der Waals surface area (Å²) in [7, 11) is 1.65. The van der Waals surface area contributed by atoms with Gasteiger partial charge in [-0.15, -0.1) is 0 Å². The van der Waals surface area contributed by atoms with E-state index in [4.69, 9.17) is 4.74 Å². The van der Waals surface area contributed by atoms with Crippen molar-refractivity contribution in [3.8, 4) is 0 Å². The highest BCUT2D eigenvalue weighted by Crippen LogP contribution is 2.10. The molecule has 0 atom stereocenters. The molecular formula is C17H27N3O3. The maximum atomic E-state index is 12.0. The highest BCUT2D eigenvalue weighted by atomic mass is 16.5. The van der Waals surface area contributed by atoms with Gasteiger partial charge in [0.25, 0.3) is 5.91 Å². The smallest absolute Gasteiger partial charge is 0.251 e. The Morgan fingerprint density at radius 1 is 1.13 bits per heavy atom. The van der Waals surface area contributed by atoms with Crippen LogP contribution < -0.4 is 16.0 Å². The Bertz CT molecular complexity index is 507. The molecule has 0 heterocycles. The van der Waals surface area contributed by atoms with Gasteiger partial charge in [-0.3, -0.25) is 9.59 Å². The number of methoxy groups -OCH3 is 1. The number of carbonyl (C=O) groups excluding carboxylic acids is 2. The van der Waals surface area contributed by atoms with Gasteiger partial charge in [-0.25, -0.2) is 0 Å². The molecule has 0 saturated carbocycles. The molecule has 2 amide bonds. The monoisotopic (exact) mass is 321 g/mol. The van der Waals surface area contributed by atoms with Crippen molar-refractivity contribution < 1.29 is 14.3 Å². The lowest BCUT2D eigenvalue weighted by Crippen LogP contribution is -2.40. The van der Waals surface area contributed by atoms with E-state index in [1.165, 1.54) is 0 Å². The second-order valence-corrected chi connectivity index (χ2v) is 6.35. The van der Waals surface area contributed by atoms with E-state index < -0.39 is 0 Å². The molecule has 1 aromatic rings. The first-order valence-electron chi connectivity index (χ1n) is 7.74. The first kappa shape index (κ1) is 19.1. The minimum Gasteiger partial charge on any atom is -0.385 e. The quantitative estimate of drug-likeness (QED) is 0.638. The summed E-state index contributed by atoms with van der Waals surface area (Å²) in [6.07, 6.45) is 0.862. The average molecular weight is 321 g/mol. The van der Waals surface area contributed by atoms with Crippen molar-refractivity contribution in [3.63, 3.8) is 0 Å². The summed E-state index contributed by atoms with van der Waals surface area (Å²) >= 11 is 0. The molecule has 0 bridgehead atoms. The summed E-state index contributed by atoms with van der Waals surface area (Å²) in [6, 6.07) is 6.84. The lowest BCUT2D eigenvalue weighted by atomic mass is 10.1. The molecule has 0 aliphatic carbocycles. The van der Waals surface area contributed by atoms with Gasteiger partial charge in [0.1, 0.15) is 0 Å². The number of rotatable bonds is 8. The fraction of sp³-hybridized carbons (Fsp3) is 0.529. The molecule has 1 aromatic carbocycles. The van der Waals surface area contributed by atoms with Crippen molar-refractivity contribution in [3.05, 3.63) is 29.8 Å². The third-order valence-corrected chi connectivity index (χ3v) is 2.91. The van der Waals surface area contributed by atoms with Crippen molar-refractivity contribution in [1.29, 1.82) is 0 Å². The van der Waals surface area contributed by atoms with Crippen LogP contribution in [0.4, 0.5) is 5.69 Å². The van der Waals surface area contributed by atoms with Crippen molar-refractivity contribution in [2.24, 2.45) is 0 Å². The van der Waals surface area contributed by atoms with Crippen LogP contribution in [-0.4, -0.2) is 44.2 Å². The Labute approximate surface area is 138 Å². The number of hydrogen-bond acceptors (Lipinski definition) is 4. The summed E-state index contributed by atoms with van der Waals surface area (Å²) in [5, 5.41) is 8.72. The molecule has 0 radical (unpaired) electrons. The predicted octanol–water partition coefficient (Wildman–Crippen LogP) is 1.78. The van der Waals surface area contributed by atoms with Crippen molar-refractivity contribution in [2.45, 2.75) is 32.7 Å². The van der Waals surface area contributed by atoms with Gasteiger partial charge in [-0.2, -0.15) is 0 Å². The average Bonchev–Trinajstić information content (AvgIpc) is 2.46. The third kappa shape index (κ3) is 8.32. The largest absolute Gasteiger partial charge is 0.385 e. The number of ether oxygens (including phenoxy) is 1. The molecule has 23 heavy (non-hydrogen) atoms. The van der Waals surface area contributed by atoms with Crippen LogP contribution in [0.1, 0.15) is 37.6 Å². The Balaban J connectivity index is 2.41. The molecule has 128 valence electrons. The summed E-state index contributed by atoms with van der Waals surface area (Å²) in [5.41, 5.74) is 0.954.